The Kier molecular flexibility index (Phi) is 3.69. The molecule has 0 spiro atoms. The van der Waals surface area contributed by atoms with Crippen molar-refractivity contribution in [2.45, 2.75) is 13.3 Å². The molecule has 1 rings (SSSR count). The summed E-state index contributed by atoms with van der Waals surface area (Å²) in [7, 11) is 2.23. The molecular formula is C11H21N2O+. The molecule has 0 N–H and O–H groups in total. The van der Waals surface area contributed by atoms with Crippen LogP contribution in [0.1, 0.15) is 13.3 Å². The molecule has 1 aliphatic heterocycles. The summed E-state index contributed by atoms with van der Waals surface area (Å²) in [6.45, 7) is 10.6. The minimum Gasteiger partial charge on any atom is -0.331 e. The molecule has 0 aliphatic carbocycles. The van der Waals surface area contributed by atoms with Gasteiger partial charge in [0.15, 0.2) is 0 Å². The largest absolute Gasteiger partial charge is 0.331 e. The van der Waals surface area contributed by atoms with Crippen molar-refractivity contribution in [1.29, 1.82) is 0 Å². The molecule has 1 heterocycles. The van der Waals surface area contributed by atoms with E-state index in [0.29, 0.717) is 6.42 Å². The topological polar surface area (TPSA) is 20.3 Å². The zero-order valence-electron chi connectivity index (χ0n) is 9.33. The van der Waals surface area contributed by atoms with E-state index in [1.54, 1.807) is 0 Å². The van der Waals surface area contributed by atoms with Crippen LogP contribution in [0.15, 0.2) is 12.7 Å². The summed E-state index contributed by atoms with van der Waals surface area (Å²) in [5.41, 5.74) is 0. The molecule has 14 heavy (non-hydrogen) atoms. The van der Waals surface area contributed by atoms with Crippen molar-refractivity contribution in [3.8, 4) is 0 Å². The van der Waals surface area contributed by atoms with Crippen LogP contribution in [0.5, 0.6) is 0 Å². The van der Waals surface area contributed by atoms with Gasteiger partial charge in [-0.05, 0) is 6.08 Å². The van der Waals surface area contributed by atoms with Crippen molar-refractivity contribution in [3.05, 3.63) is 12.7 Å². The average molecular weight is 197 g/mol. The van der Waals surface area contributed by atoms with Gasteiger partial charge in [0.1, 0.15) is 0 Å². The van der Waals surface area contributed by atoms with E-state index >= 15 is 0 Å². The molecule has 0 atom stereocenters. The van der Waals surface area contributed by atoms with E-state index in [1.165, 1.54) is 0 Å². The minimum absolute atomic E-state index is 0.287. The van der Waals surface area contributed by atoms with E-state index in [9.17, 15) is 4.79 Å². The summed E-state index contributed by atoms with van der Waals surface area (Å²) >= 11 is 0. The first-order chi connectivity index (χ1) is 6.61. The molecule has 1 saturated heterocycles. The third-order valence-corrected chi connectivity index (χ3v) is 3.04. The van der Waals surface area contributed by atoms with Gasteiger partial charge in [-0.25, -0.2) is 0 Å². The van der Waals surface area contributed by atoms with E-state index in [2.05, 4.69) is 13.6 Å². The number of hydrogen-bond donors (Lipinski definition) is 0. The van der Waals surface area contributed by atoms with Crippen LogP contribution < -0.4 is 0 Å². The quantitative estimate of drug-likeness (QED) is 0.485. The first-order valence-electron chi connectivity index (χ1n) is 5.33. The summed E-state index contributed by atoms with van der Waals surface area (Å²) in [4.78, 5) is 13.4. The Labute approximate surface area is 86.6 Å². The van der Waals surface area contributed by atoms with E-state index in [4.69, 9.17) is 0 Å². The number of quaternary nitrogens is 1. The highest BCUT2D eigenvalue weighted by Gasteiger charge is 2.28. The van der Waals surface area contributed by atoms with Crippen molar-refractivity contribution in [3.63, 3.8) is 0 Å². The van der Waals surface area contributed by atoms with Crippen molar-refractivity contribution in [2.75, 3.05) is 39.8 Å². The van der Waals surface area contributed by atoms with Gasteiger partial charge < -0.3 is 9.38 Å². The highest BCUT2D eigenvalue weighted by Crippen LogP contribution is 2.10. The summed E-state index contributed by atoms with van der Waals surface area (Å²) < 4.78 is 1.02. The van der Waals surface area contributed by atoms with Gasteiger partial charge in [0, 0.05) is 6.42 Å². The van der Waals surface area contributed by atoms with E-state index in [1.807, 2.05) is 17.9 Å². The highest BCUT2D eigenvalue weighted by atomic mass is 16.2. The predicted octanol–water partition coefficient (Wildman–Crippen LogP) is 0.871. The van der Waals surface area contributed by atoms with Crippen LogP contribution >= 0.6 is 0 Å². The van der Waals surface area contributed by atoms with Crippen molar-refractivity contribution in [2.24, 2.45) is 0 Å². The van der Waals surface area contributed by atoms with Gasteiger partial charge in [0.25, 0.3) is 0 Å². The molecule has 0 aromatic heterocycles. The van der Waals surface area contributed by atoms with E-state index < -0.39 is 0 Å². The van der Waals surface area contributed by atoms with Crippen LogP contribution in [0.4, 0.5) is 0 Å². The predicted molar refractivity (Wildman–Crippen MR) is 57.9 cm³/mol. The van der Waals surface area contributed by atoms with E-state index in [-0.39, 0.29) is 5.91 Å². The monoisotopic (exact) mass is 197 g/mol. The lowest BCUT2D eigenvalue weighted by atomic mass is 10.2. The Morgan fingerprint density at radius 1 is 1.50 bits per heavy atom. The molecule has 0 bridgehead atoms. The summed E-state index contributed by atoms with van der Waals surface area (Å²) in [6, 6.07) is 0. The fraction of sp³-hybridized carbons (Fsp3) is 0.727. The number of rotatable bonds is 3. The lowest BCUT2D eigenvalue weighted by Gasteiger charge is -2.41. The van der Waals surface area contributed by atoms with Gasteiger partial charge in [0.05, 0.1) is 39.8 Å². The summed E-state index contributed by atoms with van der Waals surface area (Å²) in [6.07, 6.45) is 2.60. The van der Waals surface area contributed by atoms with Crippen molar-refractivity contribution < 1.29 is 9.28 Å². The maximum absolute atomic E-state index is 11.4. The fourth-order valence-corrected chi connectivity index (χ4v) is 1.92. The van der Waals surface area contributed by atoms with E-state index in [0.717, 1.165) is 37.2 Å². The lowest BCUT2D eigenvalue weighted by Crippen LogP contribution is -2.58. The third-order valence-electron chi connectivity index (χ3n) is 3.04. The van der Waals surface area contributed by atoms with Gasteiger partial charge >= 0.3 is 0 Å². The maximum atomic E-state index is 11.4. The molecule has 0 aromatic carbocycles. The lowest BCUT2D eigenvalue weighted by molar-refractivity contribution is -0.907. The summed E-state index contributed by atoms with van der Waals surface area (Å²) in [5, 5.41) is 0. The molecule has 0 radical (unpaired) electrons. The Hall–Kier alpha value is -0.830. The van der Waals surface area contributed by atoms with Crippen molar-refractivity contribution in [1.82, 2.24) is 4.90 Å². The van der Waals surface area contributed by atoms with Crippen LogP contribution in [0.25, 0.3) is 0 Å². The minimum atomic E-state index is 0.287. The zero-order chi connectivity index (χ0) is 10.6. The van der Waals surface area contributed by atoms with Crippen molar-refractivity contribution >= 4 is 5.91 Å². The Morgan fingerprint density at radius 2 is 2.07 bits per heavy atom. The molecule has 80 valence electrons. The molecule has 0 aromatic rings. The smallest absolute Gasteiger partial charge is 0.222 e. The molecular weight excluding hydrogens is 176 g/mol. The van der Waals surface area contributed by atoms with Gasteiger partial charge in [-0.1, -0.05) is 13.5 Å². The molecule has 1 fully saturated rings. The number of piperazine rings is 1. The normalized spacial score (nSPS) is 20.6. The Balaban J connectivity index is 2.45. The highest BCUT2D eigenvalue weighted by molar-refractivity contribution is 5.75. The molecule has 1 aliphatic rings. The van der Waals surface area contributed by atoms with Crippen LogP contribution in [-0.4, -0.2) is 55.1 Å². The van der Waals surface area contributed by atoms with Gasteiger partial charge in [-0.2, -0.15) is 0 Å². The standard InChI is InChI=1S/C11H21N2O/c1-4-8-13(3)9-6-12(7-10-13)11(14)5-2/h4H,1,5-10H2,2-3H3/q+1. The Bertz CT molecular complexity index is 217. The molecule has 3 heteroatoms. The second-order valence-electron chi connectivity index (χ2n) is 4.27. The number of carbonyl (C=O) groups is 1. The molecule has 1 amide bonds. The van der Waals surface area contributed by atoms with Gasteiger partial charge in [-0.3, -0.25) is 4.79 Å². The fourth-order valence-electron chi connectivity index (χ4n) is 1.92. The first kappa shape index (κ1) is 11.2. The molecule has 0 saturated carbocycles. The third kappa shape index (κ3) is 2.58. The SMILES string of the molecule is C=CC[N+]1(C)CCN(C(=O)CC)CC1. The second kappa shape index (κ2) is 4.60. The Morgan fingerprint density at radius 3 is 2.50 bits per heavy atom. The van der Waals surface area contributed by atoms with Gasteiger partial charge in [0.2, 0.25) is 5.91 Å². The zero-order valence-corrected chi connectivity index (χ0v) is 9.33. The average Bonchev–Trinajstić information content (AvgIpc) is 2.18. The molecule has 3 nitrogen and oxygen atoms in total. The number of hydrogen-bond acceptors (Lipinski definition) is 1. The number of likely N-dealkylation sites (N-methyl/N-ethyl adjacent to an activating group) is 1. The van der Waals surface area contributed by atoms with Gasteiger partial charge in [-0.15, -0.1) is 0 Å². The first-order valence-corrected chi connectivity index (χ1v) is 5.33. The number of nitrogens with zero attached hydrogens (tertiary/aromatic N) is 2. The van der Waals surface area contributed by atoms with Crippen LogP contribution in [0.2, 0.25) is 0 Å². The van der Waals surface area contributed by atoms with Crippen LogP contribution in [-0.2, 0) is 4.79 Å². The maximum Gasteiger partial charge on any atom is 0.222 e. The summed E-state index contributed by atoms with van der Waals surface area (Å²) in [5.74, 6) is 0.287. The second-order valence-corrected chi connectivity index (χ2v) is 4.27. The van der Waals surface area contributed by atoms with Crippen LogP contribution in [0.3, 0.4) is 0 Å². The molecule has 0 unspecified atom stereocenters. The number of amides is 1. The van der Waals surface area contributed by atoms with Crippen LogP contribution in [0, 0.1) is 0 Å². The number of carbonyl (C=O) groups excluding carboxylic acids is 1.